The molecule has 1 aromatic carbocycles. The van der Waals surface area contributed by atoms with E-state index in [0.717, 1.165) is 12.1 Å². The number of aryl methyl sites for hydroxylation is 1. The number of hydrogen-bond acceptors (Lipinski definition) is 2. The van der Waals surface area contributed by atoms with Crippen molar-refractivity contribution in [3.8, 4) is 0 Å². The molecule has 0 unspecified atom stereocenters. The average Bonchev–Trinajstić information content (AvgIpc) is 2.72. The Kier molecular flexibility index (Phi) is 4.02. The molecule has 2 rings (SSSR count). The fraction of sp³-hybridized carbons (Fsp3) is 0.462. The second-order valence-corrected chi connectivity index (χ2v) is 5.67. The Labute approximate surface area is 114 Å². The van der Waals surface area contributed by atoms with E-state index in [-0.39, 0.29) is 17.6 Å². The number of hydrogen-bond donors (Lipinski definition) is 2. The zero-order valence-corrected chi connectivity index (χ0v) is 12.0. The lowest BCUT2D eigenvalue weighted by Crippen LogP contribution is -2.28. The lowest BCUT2D eigenvalue weighted by molar-refractivity contribution is -0.120. The van der Waals surface area contributed by atoms with Crippen molar-refractivity contribution in [2.45, 2.75) is 13.8 Å². The second-order valence-electron chi connectivity index (χ2n) is 4.81. The van der Waals surface area contributed by atoms with Gasteiger partial charge in [-0.2, -0.15) is 0 Å². The van der Waals surface area contributed by atoms with Gasteiger partial charge in [0.05, 0.1) is 10.4 Å². The minimum Gasteiger partial charge on any atom is -0.325 e. The minimum atomic E-state index is -0.367. The first kappa shape index (κ1) is 13.5. The van der Waals surface area contributed by atoms with Crippen molar-refractivity contribution in [3.05, 3.63) is 28.0 Å². The van der Waals surface area contributed by atoms with Crippen LogP contribution in [0.25, 0.3) is 0 Å². The molecular formula is C13H16BrFN2O. The quantitative estimate of drug-likeness (QED) is 0.881. The number of carbonyl (C=O) groups excluding carboxylic acids is 1. The lowest BCUT2D eigenvalue weighted by Gasteiger charge is -2.15. The number of halogens is 2. The summed E-state index contributed by atoms with van der Waals surface area (Å²) in [6, 6.07) is 3.02. The van der Waals surface area contributed by atoms with Gasteiger partial charge in [-0.1, -0.05) is 6.92 Å². The van der Waals surface area contributed by atoms with E-state index in [1.54, 1.807) is 6.07 Å². The summed E-state index contributed by atoms with van der Waals surface area (Å²) in [5.74, 6) is -0.146. The molecule has 0 aliphatic carbocycles. The van der Waals surface area contributed by atoms with Crippen LogP contribution in [0.15, 0.2) is 16.6 Å². The SMILES string of the molecule is Cc1cc(Br)c(F)cc1NC(=O)[C@@H]1CNC[C@H]1C. The van der Waals surface area contributed by atoms with Gasteiger partial charge in [-0.3, -0.25) is 4.79 Å². The minimum absolute atomic E-state index is 0.0441. The van der Waals surface area contributed by atoms with E-state index in [4.69, 9.17) is 0 Å². The molecular weight excluding hydrogens is 299 g/mol. The van der Waals surface area contributed by atoms with E-state index in [1.165, 1.54) is 6.07 Å². The summed E-state index contributed by atoms with van der Waals surface area (Å²) >= 11 is 3.12. The van der Waals surface area contributed by atoms with Crippen LogP contribution in [0.4, 0.5) is 10.1 Å². The third-order valence-electron chi connectivity index (χ3n) is 3.38. The largest absolute Gasteiger partial charge is 0.325 e. The molecule has 3 nitrogen and oxygen atoms in total. The molecule has 0 bridgehead atoms. The van der Waals surface area contributed by atoms with Gasteiger partial charge in [0, 0.05) is 12.2 Å². The van der Waals surface area contributed by atoms with Crippen LogP contribution in [0.2, 0.25) is 0 Å². The number of anilines is 1. The van der Waals surface area contributed by atoms with Crippen LogP contribution in [0, 0.1) is 24.6 Å². The number of nitrogens with one attached hydrogen (secondary N) is 2. The summed E-state index contributed by atoms with van der Waals surface area (Å²) < 4.78 is 13.9. The summed E-state index contributed by atoms with van der Waals surface area (Å²) in [6.45, 7) is 5.42. The van der Waals surface area contributed by atoms with Gasteiger partial charge in [-0.05, 0) is 53.0 Å². The number of rotatable bonds is 2. The lowest BCUT2D eigenvalue weighted by atomic mass is 9.97. The van der Waals surface area contributed by atoms with E-state index < -0.39 is 0 Å². The van der Waals surface area contributed by atoms with Gasteiger partial charge in [-0.15, -0.1) is 0 Å². The summed E-state index contributed by atoms with van der Waals surface area (Å²) in [7, 11) is 0. The first-order valence-electron chi connectivity index (χ1n) is 5.96. The monoisotopic (exact) mass is 314 g/mol. The summed E-state index contributed by atoms with van der Waals surface area (Å²) in [6.07, 6.45) is 0. The average molecular weight is 315 g/mol. The number of benzene rings is 1. The van der Waals surface area contributed by atoms with Gasteiger partial charge in [-0.25, -0.2) is 4.39 Å². The number of carbonyl (C=O) groups is 1. The van der Waals surface area contributed by atoms with Crippen LogP contribution in [0.1, 0.15) is 12.5 Å². The standard InChI is InChI=1S/C13H16BrFN2O/c1-7-3-10(14)11(15)4-12(7)17-13(18)9-6-16-5-8(9)2/h3-4,8-9,16H,5-6H2,1-2H3,(H,17,18)/t8-,9-/m1/s1. The highest BCUT2D eigenvalue weighted by molar-refractivity contribution is 9.10. The van der Waals surface area contributed by atoms with Gasteiger partial charge < -0.3 is 10.6 Å². The van der Waals surface area contributed by atoms with Crippen LogP contribution in [-0.4, -0.2) is 19.0 Å². The topological polar surface area (TPSA) is 41.1 Å². The molecule has 1 aliphatic rings. The zero-order chi connectivity index (χ0) is 13.3. The maximum atomic E-state index is 13.5. The molecule has 0 aromatic heterocycles. The molecule has 0 saturated carbocycles. The molecule has 1 saturated heterocycles. The molecule has 1 aromatic rings. The van der Waals surface area contributed by atoms with Crippen LogP contribution in [-0.2, 0) is 4.79 Å². The Morgan fingerprint density at radius 1 is 1.50 bits per heavy atom. The van der Waals surface area contributed by atoms with Crippen molar-refractivity contribution in [1.29, 1.82) is 0 Å². The smallest absolute Gasteiger partial charge is 0.229 e. The van der Waals surface area contributed by atoms with Crippen LogP contribution in [0.5, 0.6) is 0 Å². The molecule has 1 fully saturated rings. The van der Waals surface area contributed by atoms with E-state index in [2.05, 4.69) is 26.6 Å². The van der Waals surface area contributed by atoms with Crippen molar-refractivity contribution in [3.63, 3.8) is 0 Å². The third kappa shape index (κ3) is 2.72. The summed E-state index contributed by atoms with van der Waals surface area (Å²) in [4.78, 5) is 12.1. The molecule has 2 atom stereocenters. The van der Waals surface area contributed by atoms with Gasteiger partial charge in [0.15, 0.2) is 0 Å². The molecule has 1 aliphatic heterocycles. The maximum Gasteiger partial charge on any atom is 0.229 e. The normalized spacial score (nSPS) is 23.1. The molecule has 0 spiro atoms. The second kappa shape index (κ2) is 5.36. The summed E-state index contributed by atoms with van der Waals surface area (Å²) in [5, 5.41) is 5.99. The van der Waals surface area contributed by atoms with Gasteiger partial charge in [0.25, 0.3) is 0 Å². The molecule has 0 radical (unpaired) electrons. The number of amides is 1. The highest BCUT2D eigenvalue weighted by atomic mass is 79.9. The first-order valence-corrected chi connectivity index (χ1v) is 6.75. The molecule has 1 amide bonds. The molecule has 1 heterocycles. The van der Waals surface area contributed by atoms with Crippen LogP contribution < -0.4 is 10.6 Å². The molecule has 5 heteroatoms. The molecule has 98 valence electrons. The summed E-state index contributed by atoms with van der Waals surface area (Å²) in [5.41, 5.74) is 1.38. The van der Waals surface area contributed by atoms with E-state index >= 15 is 0 Å². The van der Waals surface area contributed by atoms with Gasteiger partial charge in [0.2, 0.25) is 5.91 Å². The van der Waals surface area contributed by atoms with Crippen molar-refractivity contribution >= 4 is 27.5 Å². The Morgan fingerprint density at radius 3 is 2.83 bits per heavy atom. The van der Waals surface area contributed by atoms with Crippen LogP contribution in [0.3, 0.4) is 0 Å². The Bertz CT molecular complexity index is 478. The van der Waals surface area contributed by atoms with E-state index in [0.29, 0.717) is 22.6 Å². The fourth-order valence-corrected chi connectivity index (χ4v) is 2.63. The van der Waals surface area contributed by atoms with E-state index in [1.807, 2.05) is 13.8 Å². The first-order chi connectivity index (χ1) is 8.49. The van der Waals surface area contributed by atoms with Gasteiger partial charge in [0.1, 0.15) is 5.82 Å². The molecule has 18 heavy (non-hydrogen) atoms. The van der Waals surface area contributed by atoms with Crippen molar-refractivity contribution in [2.24, 2.45) is 11.8 Å². The highest BCUT2D eigenvalue weighted by Crippen LogP contribution is 2.25. The zero-order valence-electron chi connectivity index (χ0n) is 10.4. The maximum absolute atomic E-state index is 13.5. The highest BCUT2D eigenvalue weighted by Gasteiger charge is 2.29. The predicted octanol–water partition coefficient (Wildman–Crippen LogP) is 2.69. The van der Waals surface area contributed by atoms with Gasteiger partial charge >= 0.3 is 0 Å². The fourth-order valence-electron chi connectivity index (χ4n) is 2.17. The Morgan fingerprint density at radius 2 is 2.22 bits per heavy atom. The van der Waals surface area contributed by atoms with Crippen LogP contribution >= 0.6 is 15.9 Å². The van der Waals surface area contributed by atoms with Crippen molar-refractivity contribution in [2.75, 3.05) is 18.4 Å². The predicted molar refractivity (Wildman–Crippen MR) is 73.0 cm³/mol. The Balaban J connectivity index is 2.14. The van der Waals surface area contributed by atoms with Crippen molar-refractivity contribution in [1.82, 2.24) is 5.32 Å². The molecule has 2 N–H and O–H groups in total. The Hall–Kier alpha value is -0.940. The van der Waals surface area contributed by atoms with Crippen molar-refractivity contribution < 1.29 is 9.18 Å². The van der Waals surface area contributed by atoms with E-state index in [9.17, 15) is 9.18 Å². The third-order valence-corrected chi connectivity index (χ3v) is 3.99.